The topological polar surface area (TPSA) is 87.7 Å². The Hall–Kier alpha value is -2.58. The number of nitrogens with zero attached hydrogens (tertiary/aromatic N) is 1. The molecule has 0 spiro atoms. The summed E-state index contributed by atoms with van der Waals surface area (Å²) in [5.74, 6) is 0.519. The molecule has 2 aromatic carbocycles. The number of benzene rings is 2. The summed E-state index contributed by atoms with van der Waals surface area (Å²) in [6, 6.07) is 10.6. The number of anilines is 2. The van der Waals surface area contributed by atoms with Crippen molar-refractivity contribution in [2.45, 2.75) is 49.5 Å². The maximum atomic E-state index is 13.4. The highest BCUT2D eigenvalue weighted by Crippen LogP contribution is 2.41. The highest BCUT2D eigenvalue weighted by molar-refractivity contribution is 7.89. The van der Waals surface area contributed by atoms with Crippen LogP contribution in [0, 0.1) is 0 Å². The van der Waals surface area contributed by atoms with Gasteiger partial charge in [0.15, 0.2) is 5.75 Å². The third-order valence-electron chi connectivity index (χ3n) is 6.08. The Balaban J connectivity index is 1.63. The molecule has 1 aliphatic carbocycles. The van der Waals surface area contributed by atoms with Crippen LogP contribution in [0.5, 0.6) is 11.5 Å². The van der Waals surface area contributed by atoms with Gasteiger partial charge in [-0.15, -0.1) is 0 Å². The number of carbonyl (C=O) groups excluding carboxylic acids is 1. The molecule has 8 heteroatoms. The van der Waals surface area contributed by atoms with Crippen molar-refractivity contribution in [3.63, 3.8) is 0 Å². The largest absolute Gasteiger partial charge is 0.454 e. The van der Waals surface area contributed by atoms with Crippen molar-refractivity contribution < 1.29 is 17.9 Å². The Bertz CT molecular complexity index is 1090. The number of hydrogen-bond acceptors (Lipinski definition) is 5. The number of rotatable bonds is 4. The summed E-state index contributed by atoms with van der Waals surface area (Å²) < 4.78 is 34.4. The van der Waals surface area contributed by atoms with E-state index in [-0.39, 0.29) is 22.4 Å². The first kappa shape index (κ1) is 19.4. The smallest absolute Gasteiger partial charge is 0.259 e. The molecule has 2 aromatic rings. The van der Waals surface area contributed by atoms with Gasteiger partial charge in [0, 0.05) is 25.2 Å². The summed E-state index contributed by atoms with van der Waals surface area (Å²) in [5.41, 5.74) is 1.30. The Morgan fingerprint density at radius 1 is 1.00 bits per heavy atom. The molecule has 0 atom stereocenters. The van der Waals surface area contributed by atoms with E-state index in [1.54, 1.807) is 18.2 Å². The lowest BCUT2D eigenvalue weighted by Gasteiger charge is -2.22. The van der Waals surface area contributed by atoms with Crippen LogP contribution in [0.2, 0.25) is 0 Å². The van der Waals surface area contributed by atoms with Gasteiger partial charge in [-0.1, -0.05) is 25.0 Å². The highest BCUT2D eigenvalue weighted by atomic mass is 32.2. The molecule has 0 aromatic heterocycles. The molecule has 1 saturated carbocycles. The lowest BCUT2D eigenvalue weighted by Crippen LogP contribution is -2.29. The fourth-order valence-corrected chi connectivity index (χ4v) is 6.15. The number of carbonyl (C=O) groups is 1. The van der Waals surface area contributed by atoms with Crippen LogP contribution < -0.4 is 15.4 Å². The Kier molecular flexibility index (Phi) is 4.91. The lowest BCUT2D eigenvalue weighted by molar-refractivity contribution is 0.102. The van der Waals surface area contributed by atoms with Crippen molar-refractivity contribution in [3.8, 4) is 11.5 Å². The molecule has 2 aliphatic heterocycles. The molecule has 3 aliphatic rings. The summed E-state index contributed by atoms with van der Waals surface area (Å²) in [7, 11) is -3.71. The van der Waals surface area contributed by atoms with Crippen molar-refractivity contribution >= 4 is 27.3 Å². The van der Waals surface area contributed by atoms with Gasteiger partial charge >= 0.3 is 0 Å². The van der Waals surface area contributed by atoms with Crippen LogP contribution in [0.3, 0.4) is 0 Å². The Labute approximate surface area is 176 Å². The predicted molar refractivity (Wildman–Crippen MR) is 115 cm³/mol. The molecular weight excluding hydrogens is 402 g/mol. The fourth-order valence-electron chi connectivity index (χ4n) is 4.47. The summed E-state index contributed by atoms with van der Waals surface area (Å²) >= 11 is 0. The van der Waals surface area contributed by atoms with Crippen LogP contribution in [0.15, 0.2) is 41.3 Å². The zero-order chi connectivity index (χ0) is 20.7. The number of nitrogens with one attached hydrogen (secondary N) is 2. The quantitative estimate of drug-likeness (QED) is 0.764. The molecule has 158 valence electrons. The molecule has 2 fully saturated rings. The van der Waals surface area contributed by atoms with Crippen LogP contribution in [0.4, 0.5) is 11.4 Å². The summed E-state index contributed by atoms with van der Waals surface area (Å²) in [5, 5.41) is 6.26. The van der Waals surface area contributed by atoms with Crippen LogP contribution in [-0.2, 0) is 10.0 Å². The van der Waals surface area contributed by atoms with Gasteiger partial charge in [-0.05, 0) is 43.9 Å². The molecule has 5 rings (SSSR count). The van der Waals surface area contributed by atoms with E-state index < -0.39 is 10.0 Å². The highest BCUT2D eigenvalue weighted by Gasteiger charge is 2.33. The van der Waals surface area contributed by atoms with E-state index in [9.17, 15) is 13.2 Å². The number of hydrogen-bond donors (Lipinski definition) is 2. The van der Waals surface area contributed by atoms with E-state index >= 15 is 0 Å². The predicted octanol–water partition coefficient (Wildman–Crippen LogP) is 4.18. The summed E-state index contributed by atoms with van der Waals surface area (Å²) in [6.45, 7) is 1.02. The molecule has 0 unspecified atom stereocenters. The molecule has 30 heavy (non-hydrogen) atoms. The van der Waals surface area contributed by atoms with Crippen LogP contribution >= 0.6 is 0 Å². The molecule has 2 heterocycles. The van der Waals surface area contributed by atoms with Gasteiger partial charge < -0.3 is 15.4 Å². The summed E-state index contributed by atoms with van der Waals surface area (Å²) in [6.07, 6.45) is 5.98. The minimum atomic E-state index is -3.71. The molecule has 1 saturated heterocycles. The zero-order valence-corrected chi connectivity index (χ0v) is 17.5. The lowest BCUT2D eigenvalue weighted by atomic mass is 10.1. The van der Waals surface area contributed by atoms with Crippen molar-refractivity contribution in [3.05, 3.63) is 42.0 Å². The minimum absolute atomic E-state index is 0.153. The van der Waals surface area contributed by atoms with Crippen molar-refractivity contribution in [2.24, 2.45) is 0 Å². The van der Waals surface area contributed by atoms with Gasteiger partial charge in [0.2, 0.25) is 10.0 Å². The third kappa shape index (κ3) is 3.44. The number of fused-ring (bicyclic) bond motifs is 2. The van der Waals surface area contributed by atoms with Crippen molar-refractivity contribution in [1.29, 1.82) is 0 Å². The number of ether oxygens (including phenoxy) is 1. The molecule has 0 radical (unpaired) electrons. The first-order valence-electron chi connectivity index (χ1n) is 10.6. The van der Waals surface area contributed by atoms with E-state index in [1.165, 1.54) is 10.4 Å². The molecule has 7 nitrogen and oxygen atoms in total. The van der Waals surface area contributed by atoms with E-state index in [4.69, 9.17) is 4.74 Å². The summed E-state index contributed by atoms with van der Waals surface area (Å²) in [4.78, 5) is 13.1. The molecule has 0 bridgehead atoms. The van der Waals surface area contributed by atoms with E-state index in [0.29, 0.717) is 36.0 Å². The first-order valence-corrected chi connectivity index (χ1v) is 12.0. The zero-order valence-electron chi connectivity index (χ0n) is 16.7. The van der Waals surface area contributed by atoms with E-state index in [1.807, 2.05) is 12.1 Å². The molecule has 2 N–H and O–H groups in total. The average molecular weight is 428 g/mol. The number of amides is 1. The van der Waals surface area contributed by atoms with Gasteiger partial charge in [0.1, 0.15) is 10.6 Å². The second-order valence-corrected chi connectivity index (χ2v) is 10.0. The maximum Gasteiger partial charge on any atom is 0.259 e. The number of sulfonamides is 1. The standard InChI is InChI=1S/C22H25N3O4S/c26-22-16-13-21(30(27,28)25-11-5-6-12-25)18(23-15-7-1-2-8-15)14-20(16)29-19-10-4-3-9-17(19)24-22/h3-4,9-10,13-15,23H,1-2,5-8,11-12H2,(H,24,26). The van der Waals surface area contributed by atoms with Gasteiger partial charge in [0.05, 0.1) is 16.9 Å². The normalized spacial score (nSPS) is 19.5. The van der Waals surface area contributed by atoms with Crippen molar-refractivity contribution in [1.82, 2.24) is 4.31 Å². The van der Waals surface area contributed by atoms with Gasteiger partial charge in [0.25, 0.3) is 5.91 Å². The van der Waals surface area contributed by atoms with Crippen LogP contribution in [0.25, 0.3) is 0 Å². The van der Waals surface area contributed by atoms with Crippen LogP contribution in [-0.4, -0.2) is 37.8 Å². The fraction of sp³-hybridized carbons (Fsp3) is 0.409. The second kappa shape index (κ2) is 7.59. The van der Waals surface area contributed by atoms with Gasteiger partial charge in [-0.2, -0.15) is 4.31 Å². The second-order valence-electron chi connectivity index (χ2n) is 8.13. The van der Waals surface area contributed by atoms with Crippen molar-refractivity contribution in [2.75, 3.05) is 23.7 Å². The monoisotopic (exact) mass is 427 g/mol. The first-order chi connectivity index (χ1) is 14.5. The third-order valence-corrected chi connectivity index (χ3v) is 8.02. The average Bonchev–Trinajstić information content (AvgIpc) is 3.42. The van der Waals surface area contributed by atoms with E-state index in [2.05, 4.69) is 10.6 Å². The van der Waals surface area contributed by atoms with Gasteiger partial charge in [-0.3, -0.25) is 4.79 Å². The van der Waals surface area contributed by atoms with Gasteiger partial charge in [-0.25, -0.2) is 8.42 Å². The molecular formula is C22H25N3O4S. The SMILES string of the molecule is O=C1Nc2ccccc2Oc2cc(NC3CCCC3)c(S(=O)(=O)N3CCCC3)cc21. The molecule has 1 amide bonds. The van der Waals surface area contributed by atoms with Crippen LogP contribution in [0.1, 0.15) is 48.9 Å². The Morgan fingerprint density at radius 2 is 1.73 bits per heavy atom. The number of para-hydroxylation sites is 2. The van der Waals surface area contributed by atoms with E-state index in [0.717, 1.165) is 38.5 Å². The Morgan fingerprint density at radius 3 is 2.50 bits per heavy atom. The minimum Gasteiger partial charge on any atom is -0.454 e. The maximum absolute atomic E-state index is 13.4.